The molecule has 1 aromatic rings. The number of ether oxygens (including phenoxy) is 1. The lowest BCUT2D eigenvalue weighted by Gasteiger charge is -2.04. The van der Waals surface area contributed by atoms with Crippen LogP contribution in [0.2, 0.25) is 0 Å². The van der Waals surface area contributed by atoms with Crippen molar-refractivity contribution >= 4 is 16.1 Å². The summed E-state index contributed by atoms with van der Waals surface area (Å²) in [4.78, 5) is 11.2. The van der Waals surface area contributed by atoms with E-state index in [9.17, 15) is 13.2 Å². The molecule has 0 saturated heterocycles. The van der Waals surface area contributed by atoms with E-state index in [-0.39, 0.29) is 10.5 Å². The summed E-state index contributed by atoms with van der Waals surface area (Å²) in [6.07, 6.45) is 1.65. The number of rotatable bonds is 5. The predicted molar refractivity (Wildman–Crippen MR) is 61.4 cm³/mol. The van der Waals surface area contributed by atoms with Crippen molar-refractivity contribution in [1.29, 1.82) is 0 Å². The van der Waals surface area contributed by atoms with E-state index in [1.165, 1.54) is 18.2 Å². The molecule has 0 amide bonds. The molecule has 0 aliphatic carbocycles. The number of unbranched alkanes of at least 4 members (excludes halogenated alkanes) is 1. The van der Waals surface area contributed by atoms with Gasteiger partial charge in [-0.3, -0.25) is 4.55 Å². The zero-order valence-corrected chi connectivity index (χ0v) is 10.2. The van der Waals surface area contributed by atoms with Crippen LogP contribution in [0, 0.1) is 0 Å². The van der Waals surface area contributed by atoms with Crippen molar-refractivity contribution in [2.45, 2.75) is 24.7 Å². The van der Waals surface area contributed by atoms with Crippen molar-refractivity contribution in [3.63, 3.8) is 0 Å². The van der Waals surface area contributed by atoms with Gasteiger partial charge < -0.3 is 4.74 Å². The second kappa shape index (κ2) is 5.79. The van der Waals surface area contributed by atoms with Crippen LogP contribution in [0.5, 0.6) is 0 Å². The minimum atomic E-state index is -4.29. The van der Waals surface area contributed by atoms with Crippen LogP contribution in [0.25, 0.3) is 0 Å². The summed E-state index contributed by atoms with van der Waals surface area (Å²) in [7, 11) is -4.29. The second-order valence-electron chi connectivity index (χ2n) is 3.49. The Kier molecular flexibility index (Phi) is 4.65. The Balaban J connectivity index is 2.82. The van der Waals surface area contributed by atoms with Gasteiger partial charge in [-0.05, 0) is 24.6 Å². The Hall–Kier alpha value is -1.40. The number of benzene rings is 1. The summed E-state index contributed by atoms with van der Waals surface area (Å²) < 4.78 is 35.5. The third kappa shape index (κ3) is 4.16. The predicted octanol–water partition coefficient (Wildman–Crippen LogP) is 1.89. The van der Waals surface area contributed by atoms with Crippen molar-refractivity contribution in [2.75, 3.05) is 6.61 Å². The van der Waals surface area contributed by atoms with Gasteiger partial charge in [-0.2, -0.15) is 8.42 Å². The lowest BCUT2D eigenvalue weighted by atomic mass is 10.2. The summed E-state index contributed by atoms with van der Waals surface area (Å²) >= 11 is 0. The molecule has 0 radical (unpaired) electrons. The van der Waals surface area contributed by atoms with Crippen molar-refractivity contribution in [2.24, 2.45) is 0 Å². The smallest absolute Gasteiger partial charge is 0.338 e. The molecule has 5 nitrogen and oxygen atoms in total. The fraction of sp³-hybridized carbons (Fsp3) is 0.364. The normalized spacial score (nSPS) is 11.2. The first-order chi connectivity index (χ1) is 7.95. The molecule has 0 heterocycles. The van der Waals surface area contributed by atoms with E-state index >= 15 is 0 Å². The molecule has 0 unspecified atom stereocenters. The van der Waals surface area contributed by atoms with E-state index in [1.807, 2.05) is 6.92 Å². The molecule has 0 aliphatic rings. The highest BCUT2D eigenvalue weighted by atomic mass is 32.2. The maximum atomic E-state index is 11.5. The van der Waals surface area contributed by atoms with E-state index in [2.05, 4.69) is 0 Å². The van der Waals surface area contributed by atoms with E-state index in [4.69, 9.17) is 9.29 Å². The molecule has 0 spiro atoms. The Bertz CT molecular complexity index is 492. The van der Waals surface area contributed by atoms with Gasteiger partial charge in [0.2, 0.25) is 0 Å². The van der Waals surface area contributed by atoms with Gasteiger partial charge in [-0.25, -0.2) is 4.79 Å². The lowest BCUT2D eigenvalue weighted by molar-refractivity contribution is 0.0499. The number of esters is 1. The minimum absolute atomic E-state index is 0.108. The highest BCUT2D eigenvalue weighted by molar-refractivity contribution is 7.85. The molecule has 0 fully saturated rings. The SMILES string of the molecule is CCCCOC(=O)c1cccc(S(=O)(=O)O)c1. The molecule has 0 atom stereocenters. The van der Waals surface area contributed by atoms with Crippen LogP contribution in [0.4, 0.5) is 0 Å². The second-order valence-corrected chi connectivity index (χ2v) is 4.91. The molecule has 0 aliphatic heterocycles. The van der Waals surface area contributed by atoms with Gasteiger partial charge in [0, 0.05) is 0 Å². The molecule has 17 heavy (non-hydrogen) atoms. The molecule has 94 valence electrons. The molecule has 0 bridgehead atoms. The van der Waals surface area contributed by atoms with Crippen molar-refractivity contribution in [3.8, 4) is 0 Å². The van der Waals surface area contributed by atoms with Crippen LogP contribution in [-0.4, -0.2) is 25.5 Å². The highest BCUT2D eigenvalue weighted by Gasteiger charge is 2.13. The summed E-state index contributed by atoms with van der Waals surface area (Å²) in [6, 6.07) is 5.10. The summed E-state index contributed by atoms with van der Waals surface area (Å²) in [5, 5.41) is 0. The van der Waals surface area contributed by atoms with Gasteiger partial charge in [-0.1, -0.05) is 19.4 Å². The van der Waals surface area contributed by atoms with Gasteiger partial charge in [0.1, 0.15) is 0 Å². The largest absolute Gasteiger partial charge is 0.462 e. The number of hydrogen-bond acceptors (Lipinski definition) is 4. The summed E-state index contributed by atoms with van der Waals surface area (Å²) in [5.74, 6) is -0.594. The number of carbonyl (C=O) groups excluding carboxylic acids is 1. The molecule has 0 saturated carbocycles. The maximum Gasteiger partial charge on any atom is 0.338 e. The van der Waals surface area contributed by atoms with E-state index < -0.39 is 16.1 Å². The molecule has 0 aromatic heterocycles. The van der Waals surface area contributed by atoms with Crippen molar-refractivity contribution in [3.05, 3.63) is 29.8 Å². The van der Waals surface area contributed by atoms with Crippen LogP contribution in [0.3, 0.4) is 0 Å². The quantitative estimate of drug-likeness (QED) is 0.495. The first kappa shape index (κ1) is 13.7. The van der Waals surface area contributed by atoms with E-state index in [1.54, 1.807) is 0 Å². The topological polar surface area (TPSA) is 80.7 Å². The molecule has 1 aromatic carbocycles. The Morgan fingerprint density at radius 2 is 2.12 bits per heavy atom. The molecule has 1 N–H and O–H groups in total. The summed E-state index contributed by atoms with van der Waals surface area (Å²) in [6.45, 7) is 2.26. The van der Waals surface area contributed by atoms with E-state index in [0.29, 0.717) is 6.61 Å². The van der Waals surface area contributed by atoms with Crippen LogP contribution in [-0.2, 0) is 14.9 Å². The Morgan fingerprint density at radius 1 is 1.41 bits per heavy atom. The first-order valence-electron chi connectivity index (χ1n) is 5.20. The summed E-state index contributed by atoms with van der Waals surface area (Å²) in [5.41, 5.74) is 0.108. The van der Waals surface area contributed by atoms with Crippen molar-refractivity contribution in [1.82, 2.24) is 0 Å². The van der Waals surface area contributed by atoms with E-state index in [0.717, 1.165) is 18.9 Å². The average Bonchev–Trinajstić information content (AvgIpc) is 2.28. The van der Waals surface area contributed by atoms with Gasteiger partial charge >= 0.3 is 5.97 Å². The van der Waals surface area contributed by atoms with Gasteiger partial charge in [-0.15, -0.1) is 0 Å². The number of carbonyl (C=O) groups is 1. The maximum absolute atomic E-state index is 11.5. The van der Waals surface area contributed by atoms with Crippen molar-refractivity contribution < 1.29 is 22.5 Å². The third-order valence-corrected chi connectivity index (χ3v) is 2.95. The van der Waals surface area contributed by atoms with Crippen LogP contribution < -0.4 is 0 Å². The first-order valence-corrected chi connectivity index (χ1v) is 6.64. The van der Waals surface area contributed by atoms with Crippen LogP contribution in [0.1, 0.15) is 30.1 Å². The fourth-order valence-corrected chi connectivity index (χ4v) is 1.70. The minimum Gasteiger partial charge on any atom is -0.462 e. The molecular weight excluding hydrogens is 244 g/mol. The molecular formula is C11H14O5S. The van der Waals surface area contributed by atoms with Gasteiger partial charge in [0.05, 0.1) is 17.1 Å². The Morgan fingerprint density at radius 3 is 2.71 bits per heavy atom. The van der Waals surface area contributed by atoms with Gasteiger partial charge in [0.15, 0.2) is 0 Å². The monoisotopic (exact) mass is 258 g/mol. The molecule has 6 heteroatoms. The van der Waals surface area contributed by atoms with Crippen LogP contribution in [0.15, 0.2) is 29.2 Å². The Labute approximate surface area is 100 Å². The number of hydrogen-bond donors (Lipinski definition) is 1. The third-order valence-electron chi connectivity index (χ3n) is 2.10. The highest BCUT2D eigenvalue weighted by Crippen LogP contribution is 2.12. The zero-order valence-electron chi connectivity index (χ0n) is 9.42. The lowest BCUT2D eigenvalue weighted by Crippen LogP contribution is -2.07. The zero-order chi connectivity index (χ0) is 12.9. The standard InChI is InChI=1S/C11H14O5S/c1-2-3-7-16-11(12)9-5-4-6-10(8-9)17(13,14)15/h4-6,8H,2-3,7H2,1H3,(H,13,14,15). The fourth-order valence-electron chi connectivity index (χ4n) is 1.18. The van der Waals surface area contributed by atoms with Gasteiger partial charge in [0.25, 0.3) is 10.1 Å². The molecule has 1 rings (SSSR count). The average molecular weight is 258 g/mol. The van der Waals surface area contributed by atoms with Crippen LogP contribution >= 0.6 is 0 Å².